The van der Waals surface area contributed by atoms with E-state index in [0.717, 1.165) is 16.7 Å². The largest absolute Gasteiger partial charge is 0.331 e. The number of nitrogens with zero attached hydrogens (tertiary/aromatic N) is 2. The number of fused-ring (bicyclic) bond motifs is 1. The average molecular weight is 286 g/mol. The molecule has 0 aliphatic rings. The number of H-pyrrole nitrogens is 1. The maximum Gasteiger partial charge on any atom is 0.184 e. The van der Waals surface area contributed by atoms with E-state index in [9.17, 15) is 0 Å². The lowest BCUT2D eigenvalue weighted by Crippen LogP contribution is -2.19. The smallest absolute Gasteiger partial charge is 0.184 e. The number of pyridine rings is 1. The molecule has 3 aromatic rings. The van der Waals surface area contributed by atoms with Gasteiger partial charge in [0.25, 0.3) is 0 Å². The zero-order chi connectivity index (χ0) is 13.2. The Kier molecular flexibility index (Phi) is 3.10. The van der Waals surface area contributed by atoms with Crippen LogP contribution in [0.2, 0.25) is 0 Å². The number of benzene rings is 1. The van der Waals surface area contributed by atoms with E-state index in [1.54, 1.807) is 17.0 Å². The summed E-state index contributed by atoms with van der Waals surface area (Å²) in [6.45, 7) is 0. The van der Waals surface area contributed by atoms with E-state index in [1.807, 2.05) is 36.4 Å². The van der Waals surface area contributed by atoms with E-state index in [4.69, 9.17) is 24.4 Å². The van der Waals surface area contributed by atoms with Gasteiger partial charge in [0.15, 0.2) is 9.88 Å². The first kappa shape index (κ1) is 12.0. The summed E-state index contributed by atoms with van der Waals surface area (Å²) >= 11 is 10.7. The van der Waals surface area contributed by atoms with Crippen molar-refractivity contribution < 1.29 is 0 Å². The van der Waals surface area contributed by atoms with Crippen LogP contribution in [-0.4, -0.2) is 19.6 Å². The standard InChI is InChI=1S/C13H10N4S2/c18-12(15-9-4-3-7-14-8-9)17-11-6-2-1-5-10(11)16-13(17)19/h1-8H,(H,15,18)(H,16,19). The van der Waals surface area contributed by atoms with E-state index in [-0.39, 0.29) is 0 Å². The Morgan fingerprint density at radius 3 is 2.84 bits per heavy atom. The second-order valence-electron chi connectivity index (χ2n) is 3.95. The summed E-state index contributed by atoms with van der Waals surface area (Å²) in [6, 6.07) is 11.6. The van der Waals surface area contributed by atoms with Crippen LogP contribution in [0, 0.1) is 4.77 Å². The summed E-state index contributed by atoms with van der Waals surface area (Å²) in [5, 5.41) is 3.65. The van der Waals surface area contributed by atoms with Gasteiger partial charge in [0.1, 0.15) is 0 Å². The molecular formula is C13H10N4S2. The summed E-state index contributed by atoms with van der Waals surface area (Å²) in [5.41, 5.74) is 2.75. The van der Waals surface area contributed by atoms with Gasteiger partial charge < -0.3 is 10.3 Å². The number of nitrogens with one attached hydrogen (secondary N) is 2. The minimum absolute atomic E-state index is 0.524. The highest BCUT2D eigenvalue weighted by atomic mass is 32.1. The third-order valence-electron chi connectivity index (χ3n) is 2.71. The van der Waals surface area contributed by atoms with Crippen molar-refractivity contribution in [2.45, 2.75) is 0 Å². The van der Waals surface area contributed by atoms with E-state index in [2.05, 4.69) is 15.3 Å². The molecule has 1 aromatic carbocycles. The molecule has 4 nitrogen and oxygen atoms in total. The molecule has 3 rings (SSSR count). The first-order chi connectivity index (χ1) is 9.25. The minimum Gasteiger partial charge on any atom is -0.331 e. The zero-order valence-electron chi connectivity index (χ0n) is 9.83. The lowest BCUT2D eigenvalue weighted by atomic mass is 10.3. The number of imidazole rings is 1. The Hall–Kier alpha value is -2.05. The van der Waals surface area contributed by atoms with Crippen LogP contribution < -0.4 is 5.32 Å². The molecule has 0 atom stereocenters. The maximum atomic E-state index is 5.41. The topological polar surface area (TPSA) is 45.6 Å². The Labute approximate surface area is 120 Å². The Balaban J connectivity index is 2.03. The Bertz CT molecular complexity index is 789. The van der Waals surface area contributed by atoms with Crippen LogP contribution in [0.3, 0.4) is 0 Å². The fourth-order valence-electron chi connectivity index (χ4n) is 1.87. The highest BCUT2D eigenvalue weighted by Gasteiger charge is 2.08. The maximum absolute atomic E-state index is 5.41. The number of aromatic amines is 1. The number of thiocarbonyl (C=S) groups is 1. The van der Waals surface area contributed by atoms with Crippen LogP contribution in [0.5, 0.6) is 0 Å². The second-order valence-corrected chi connectivity index (χ2v) is 4.73. The SMILES string of the molecule is S=C(Nc1cccnc1)n1c(=S)[nH]c2ccccc21. The minimum atomic E-state index is 0.524. The molecule has 19 heavy (non-hydrogen) atoms. The van der Waals surface area contributed by atoms with Gasteiger partial charge in [0.2, 0.25) is 0 Å². The Morgan fingerprint density at radius 1 is 1.21 bits per heavy atom. The van der Waals surface area contributed by atoms with Crippen molar-refractivity contribution in [3.05, 3.63) is 53.6 Å². The van der Waals surface area contributed by atoms with Crippen molar-refractivity contribution in [3.63, 3.8) is 0 Å². The lowest BCUT2D eigenvalue weighted by molar-refractivity contribution is 1.15. The zero-order valence-corrected chi connectivity index (χ0v) is 11.5. The van der Waals surface area contributed by atoms with Crippen LogP contribution >= 0.6 is 24.4 Å². The molecule has 6 heteroatoms. The molecule has 2 N–H and O–H groups in total. The van der Waals surface area contributed by atoms with E-state index in [0.29, 0.717) is 9.88 Å². The van der Waals surface area contributed by atoms with Crippen molar-refractivity contribution in [2.75, 3.05) is 5.32 Å². The number of para-hydroxylation sites is 2. The predicted octanol–water partition coefficient (Wildman–Crippen LogP) is 3.34. The molecule has 0 unspecified atom stereocenters. The molecule has 0 saturated heterocycles. The molecule has 0 bridgehead atoms. The molecule has 0 amide bonds. The lowest BCUT2D eigenvalue weighted by Gasteiger charge is -2.08. The van der Waals surface area contributed by atoms with Crippen molar-refractivity contribution in [2.24, 2.45) is 0 Å². The fraction of sp³-hybridized carbons (Fsp3) is 0. The van der Waals surface area contributed by atoms with Crippen molar-refractivity contribution >= 4 is 46.3 Å². The van der Waals surface area contributed by atoms with Gasteiger partial charge in [-0.05, 0) is 48.7 Å². The summed E-state index contributed by atoms with van der Waals surface area (Å²) in [4.78, 5) is 7.17. The van der Waals surface area contributed by atoms with E-state index < -0.39 is 0 Å². The monoisotopic (exact) mass is 286 g/mol. The fourth-order valence-corrected chi connectivity index (χ4v) is 2.54. The Morgan fingerprint density at radius 2 is 2.05 bits per heavy atom. The van der Waals surface area contributed by atoms with Gasteiger partial charge in [0, 0.05) is 6.20 Å². The summed E-state index contributed by atoms with van der Waals surface area (Å²) in [5.74, 6) is 0. The van der Waals surface area contributed by atoms with Crippen LogP contribution in [0.25, 0.3) is 11.0 Å². The normalized spacial score (nSPS) is 10.5. The molecule has 0 saturated carbocycles. The van der Waals surface area contributed by atoms with E-state index >= 15 is 0 Å². The molecule has 0 radical (unpaired) electrons. The molecule has 0 aliphatic heterocycles. The first-order valence-electron chi connectivity index (χ1n) is 5.67. The summed E-state index contributed by atoms with van der Waals surface area (Å²) in [6.07, 6.45) is 3.43. The summed E-state index contributed by atoms with van der Waals surface area (Å²) in [7, 11) is 0. The van der Waals surface area contributed by atoms with Gasteiger partial charge in [-0.2, -0.15) is 0 Å². The number of anilines is 1. The van der Waals surface area contributed by atoms with Crippen molar-refractivity contribution in [3.8, 4) is 0 Å². The van der Waals surface area contributed by atoms with Crippen molar-refractivity contribution in [1.29, 1.82) is 0 Å². The number of hydrogen-bond acceptors (Lipinski definition) is 3. The number of rotatable bonds is 1. The average Bonchev–Trinajstić information content (AvgIpc) is 2.75. The highest BCUT2D eigenvalue weighted by molar-refractivity contribution is 7.80. The number of aromatic nitrogens is 3. The molecule has 2 heterocycles. The van der Waals surface area contributed by atoms with Gasteiger partial charge in [-0.1, -0.05) is 12.1 Å². The van der Waals surface area contributed by atoms with Crippen LogP contribution in [-0.2, 0) is 0 Å². The highest BCUT2D eigenvalue weighted by Crippen LogP contribution is 2.14. The third-order valence-corrected chi connectivity index (χ3v) is 3.27. The molecule has 2 aromatic heterocycles. The van der Waals surface area contributed by atoms with Crippen LogP contribution in [0.4, 0.5) is 5.69 Å². The van der Waals surface area contributed by atoms with Gasteiger partial charge in [-0.15, -0.1) is 0 Å². The van der Waals surface area contributed by atoms with E-state index in [1.165, 1.54) is 0 Å². The second kappa shape index (κ2) is 4.91. The first-order valence-corrected chi connectivity index (χ1v) is 6.48. The van der Waals surface area contributed by atoms with Crippen LogP contribution in [0.15, 0.2) is 48.8 Å². The molecule has 0 spiro atoms. The van der Waals surface area contributed by atoms with Gasteiger partial charge in [0.05, 0.1) is 22.9 Å². The van der Waals surface area contributed by atoms with Gasteiger partial charge in [-0.25, -0.2) is 0 Å². The van der Waals surface area contributed by atoms with Crippen molar-refractivity contribution in [1.82, 2.24) is 14.5 Å². The third kappa shape index (κ3) is 2.27. The molecular weight excluding hydrogens is 276 g/mol. The molecule has 0 fully saturated rings. The number of hydrogen-bond donors (Lipinski definition) is 2. The van der Waals surface area contributed by atoms with Gasteiger partial charge >= 0.3 is 0 Å². The molecule has 0 aliphatic carbocycles. The van der Waals surface area contributed by atoms with Gasteiger partial charge in [-0.3, -0.25) is 9.55 Å². The predicted molar refractivity (Wildman–Crippen MR) is 83.0 cm³/mol. The van der Waals surface area contributed by atoms with Crippen LogP contribution in [0.1, 0.15) is 0 Å². The summed E-state index contributed by atoms with van der Waals surface area (Å²) < 4.78 is 2.37. The quantitative estimate of drug-likeness (QED) is 0.674. The molecule has 94 valence electrons.